The summed E-state index contributed by atoms with van der Waals surface area (Å²) in [6.07, 6.45) is 9.49. The van der Waals surface area contributed by atoms with Gasteiger partial charge in [0.2, 0.25) is 0 Å². The third-order valence-electron chi connectivity index (χ3n) is 2.88. The van der Waals surface area contributed by atoms with Gasteiger partial charge in [-0.15, -0.1) is 0 Å². The van der Waals surface area contributed by atoms with Crippen molar-refractivity contribution in [1.82, 2.24) is 0 Å². The number of allylic oxidation sites excluding steroid dienone is 4. The van der Waals surface area contributed by atoms with Gasteiger partial charge in [0.05, 0.1) is 6.61 Å². The van der Waals surface area contributed by atoms with Gasteiger partial charge in [-0.3, -0.25) is 9.59 Å². The summed E-state index contributed by atoms with van der Waals surface area (Å²) in [6.45, 7) is 6.47. The van der Waals surface area contributed by atoms with Crippen molar-refractivity contribution in [3.63, 3.8) is 0 Å². The predicted octanol–water partition coefficient (Wildman–Crippen LogP) is 3.42. The molecular formula is C15H24O3Si. The second kappa shape index (κ2) is 7.55. The van der Waals surface area contributed by atoms with Crippen LogP contribution in [0, 0.1) is 0 Å². The van der Waals surface area contributed by atoms with Crippen molar-refractivity contribution in [2.24, 2.45) is 0 Å². The summed E-state index contributed by atoms with van der Waals surface area (Å²) in [4.78, 5) is 22.9. The molecule has 3 nitrogen and oxygen atoms in total. The smallest absolute Gasteiger partial charge is 0.184 e. The van der Waals surface area contributed by atoms with Gasteiger partial charge in [0.15, 0.2) is 19.9 Å². The molecule has 1 rings (SSSR count). The molecule has 106 valence electrons. The van der Waals surface area contributed by atoms with Crippen molar-refractivity contribution in [2.45, 2.75) is 51.7 Å². The normalized spacial score (nSPS) is 16.2. The highest BCUT2D eigenvalue weighted by Crippen LogP contribution is 2.17. The third-order valence-corrected chi connectivity index (χ3v) is 3.89. The molecule has 0 aromatic heterocycles. The Hall–Kier alpha value is -1.00. The molecule has 0 N–H and O–H groups in total. The average molecular weight is 280 g/mol. The first-order valence-corrected chi connectivity index (χ1v) is 10.3. The molecule has 4 heteroatoms. The maximum absolute atomic E-state index is 11.6. The Labute approximate surface area is 116 Å². The lowest BCUT2D eigenvalue weighted by molar-refractivity contribution is -0.121. The van der Waals surface area contributed by atoms with E-state index in [-0.39, 0.29) is 18.2 Å². The van der Waals surface area contributed by atoms with Gasteiger partial charge in [-0.2, -0.15) is 0 Å². The standard InChI is InChI=1S/C15H24O3Si/c1-19(2,3)18-12-14(16)10-6-4-5-8-13-9-7-11-15(13)17/h4-5,9H,6-8,10-12H2,1-3H3. The number of hydrogen-bond acceptors (Lipinski definition) is 3. The van der Waals surface area contributed by atoms with Gasteiger partial charge >= 0.3 is 0 Å². The molecule has 0 saturated carbocycles. The number of ketones is 2. The predicted molar refractivity (Wildman–Crippen MR) is 79.6 cm³/mol. The lowest BCUT2D eigenvalue weighted by Gasteiger charge is -2.15. The highest BCUT2D eigenvalue weighted by molar-refractivity contribution is 6.69. The van der Waals surface area contributed by atoms with Crippen LogP contribution >= 0.6 is 0 Å². The summed E-state index contributed by atoms with van der Waals surface area (Å²) in [7, 11) is -1.58. The molecule has 0 spiro atoms. The highest BCUT2D eigenvalue weighted by atomic mass is 28.4. The van der Waals surface area contributed by atoms with Crippen LogP contribution in [0.2, 0.25) is 19.6 Å². The molecule has 0 radical (unpaired) electrons. The number of hydrogen-bond donors (Lipinski definition) is 0. The van der Waals surface area contributed by atoms with Crippen molar-refractivity contribution in [3.05, 3.63) is 23.8 Å². The minimum atomic E-state index is -1.58. The van der Waals surface area contributed by atoms with Gasteiger partial charge in [-0.25, -0.2) is 0 Å². The van der Waals surface area contributed by atoms with Crippen molar-refractivity contribution in [3.8, 4) is 0 Å². The van der Waals surface area contributed by atoms with Crippen LogP contribution in [0.25, 0.3) is 0 Å². The zero-order chi connectivity index (χ0) is 14.3. The fraction of sp³-hybridized carbons (Fsp3) is 0.600. The molecule has 0 atom stereocenters. The Morgan fingerprint density at radius 1 is 1.37 bits per heavy atom. The lowest BCUT2D eigenvalue weighted by atomic mass is 10.1. The zero-order valence-corrected chi connectivity index (χ0v) is 13.2. The molecular weight excluding hydrogens is 256 g/mol. The van der Waals surface area contributed by atoms with Crippen molar-refractivity contribution < 1.29 is 14.0 Å². The second-order valence-corrected chi connectivity index (χ2v) is 10.4. The SMILES string of the molecule is C[Si](C)(C)OCC(=O)CCC=CCC1=CCCC1=O. The van der Waals surface area contributed by atoms with E-state index in [0.29, 0.717) is 19.3 Å². The number of Topliss-reactive ketones (excluding diaryl/α,β-unsaturated/α-hetero) is 2. The molecule has 1 aliphatic rings. The van der Waals surface area contributed by atoms with Crippen LogP contribution in [-0.4, -0.2) is 26.5 Å². The Morgan fingerprint density at radius 3 is 2.68 bits per heavy atom. The van der Waals surface area contributed by atoms with Gasteiger partial charge in [0.25, 0.3) is 0 Å². The first kappa shape index (κ1) is 16.1. The van der Waals surface area contributed by atoms with E-state index in [0.717, 1.165) is 18.4 Å². The maximum atomic E-state index is 11.6. The Bertz CT molecular complexity index is 389. The maximum Gasteiger partial charge on any atom is 0.184 e. The Morgan fingerprint density at radius 2 is 2.11 bits per heavy atom. The third kappa shape index (κ3) is 7.23. The first-order valence-electron chi connectivity index (χ1n) is 6.91. The quantitative estimate of drug-likeness (QED) is 0.505. The van der Waals surface area contributed by atoms with Gasteiger partial charge in [0.1, 0.15) is 0 Å². The molecule has 1 aliphatic carbocycles. The van der Waals surface area contributed by atoms with Gasteiger partial charge in [-0.05, 0) is 44.5 Å². The lowest BCUT2D eigenvalue weighted by Crippen LogP contribution is -2.28. The second-order valence-electron chi connectivity index (χ2n) is 5.85. The van der Waals surface area contributed by atoms with E-state index in [1.54, 1.807) is 0 Å². The summed E-state index contributed by atoms with van der Waals surface area (Å²) < 4.78 is 5.55. The molecule has 0 aliphatic heterocycles. The molecule has 0 aromatic rings. The van der Waals surface area contributed by atoms with Gasteiger partial charge < -0.3 is 4.43 Å². The van der Waals surface area contributed by atoms with Crippen LogP contribution in [0.3, 0.4) is 0 Å². The van der Waals surface area contributed by atoms with E-state index in [4.69, 9.17) is 4.43 Å². The number of carbonyl (C=O) groups excluding carboxylic acids is 2. The van der Waals surface area contributed by atoms with E-state index >= 15 is 0 Å². The monoisotopic (exact) mass is 280 g/mol. The highest BCUT2D eigenvalue weighted by Gasteiger charge is 2.15. The van der Waals surface area contributed by atoms with Crippen LogP contribution in [-0.2, 0) is 14.0 Å². The van der Waals surface area contributed by atoms with Crippen LogP contribution in [0.1, 0.15) is 32.1 Å². The minimum Gasteiger partial charge on any atom is -0.410 e. The Kier molecular flexibility index (Phi) is 6.38. The van der Waals surface area contributed by atoms with Gasteiger partial charge in [0, 0.05) is 12.8 Å². The van der Waals surface area contributed by atoms with Crippen LogP contribution in [0.4, 0.5) is 0 Å². The largest absolute Gasteiger partial charge is 0.410 e. The van der Waals surface area contributed by atoms with Crippen LogP contribution in [0.15, 0.2) is 23.8 Å². The summed E-state index contributed by atoms with van der Waals surface area (Å²) in [6, 6.07) is 0. The molecule has 0 fully saturated rings. The number of carbonyl (C=O) groups is 2. The van der Waals surface area contributed by atoms with E-state index in [1.165, 1.54) is 0 Å². The van der Waals surface area contributed by atoms with Crippen molar-refractivity contribution in [2.75, 3.05) is 6.61 Å². The van der Waals surface area contributed by atoms with E-state index in [2.05, 4.69) is 19.6 Å². The van der Waals surface area contributed by atoms with E-state index < -0.39 is 8.32 Å². The summed E-state index contributed by atoms with van der Waals surface area (Å²) in [5.41, 5.74) is 0.921. The fourth-order valence-corrected chi connectivity index (χ4v) is 2.38. The van der Waals surface area contributed by atoms with Gasteiger partial charge in [-0.1, -0.05) is 18.2 Å². The first-order chi connectivity index (χ1) is 8.88. The minimum absolute atomic E-state index is 0.156. The van der Waals surface area contributed by atoms with Crippen molar-refractivity contribution >= 4 is 19.9 Å². The van der Waals surface area contributed by atoms with Crippen LogP contribution < -0.4 is 0 Å². The molecule has 0 amide bonds. The molecule has 0 unspecified atom stereocenters. The van der Waals surface area contributed by atoms with Crippen molar-refractivity contribution in [1.29, 1.82) is 0 Å². The molecule has 0 bridgehead atoms. The molecule has 0 saturated heterocycles. The average Bonchev–Trinajstić information content (AvgIpc) is 2.71. The zero-order valence-electron chi connectivity index (χ0n) is 12.2. The molecule has 19 heavy (non-hydrogen) atoms. The molecule has 0 heterocycles. The van der Waals surface area contributed by atoms with E-state index in [9.17, 15) is 9.59 Å². The Balaban J connectivity index is 2.13. The van der Waals surface area contributed by atoms with E-state index in [1.807, 2.05) is 18.2 Å². The summed E-state index contributed by atoms with van der Waals surface area (Å²) in [5.74, 6) is 0.424. The summed E-state index contributed by atoms with van der Waals surface area (Å²) in [5, 5.41) is 0. The topological polar surface area (TPSA) is 43.4 Å². The summed E-state index contributed by atoms with van der Waals surface area (Å²) >= 11 is 0. The van der Waals surface area contributed by atoms with Crippen LogP contribution in [0.5, 0.6) is 0 Å². The number of rotatable bonds is 8. The molecule has 0 aromatic carbocycles. The fourth-order valence-electron chi connectivity index (χ4n) is 1.79.